The molecule has 1 aliphatic heterocycles. The van der Waals surface area contributed by atoms with Crippen LogP contribution < -0.4 is 10.9 Å². The fraction of sp³-hybridized carbons (Fsp3) is 0.0870. The Morgan fingerprint density at radius 2 is 1.61 bits per heavy atom. The van der Waals surface area contributed by atoms with Crippen molar-refractivity contribution in [3.05, 3.63) is 104 Å². The molecular weight excluding hydrogens is 443 g/mol. The predicted molar refractivity (Wildman–Crippen MR) is 108 cm³/mol. The molecule has 4 aromatic rings. The summed E-state index contributed by atoms with van der Waals surface area (Å²) in [5, 5.41) is 18.3. The summed E-state index contributed by atoms with van der Waals surface area (Å²) in [6.45, 7) is 0. The Morgan fingerprint density at radius 3 is 2.27 bits per heavy atom. The van der Waals surface area contributed by atoms with E-state index < -0.39 is 52.2 Å². The summed E-state index contributed by atoms with van der Waals surface area (Å²) in [7, 11) is 0. The summed E-state index contributed by atoms with van der Waals surface area (Å²) in [6.07, 6.45) is 0. The molecule has 0 bridgehead atoms. The first-order valence-electron chi connectivity index (χ1n) is 9.61. The maximum Gasteiger partial charge on any atom is 0.272 e. The molecule has 10 heteroatoms. The normalized spacial score (nSPS) is 17.0. The van der Waals surface area contributed by atoms with Crippen molar-refractivity contribution in [1.82, 2.24) is 10.2 Å². The average molecular weight is 454 g/mol. The summed E-state index contributed by atoms with van der Waals surface area (Å²) in [5.41, 5.74) is -1.23. The van der Waals surface area contributed by atoms with Gasteiger partial charge in [0.2, 0.25) is 0 Å². The fourth-order valence-corrected chi connectivity index (χ4v) is 4.29. The van der Waals surface area contributed by atoms with E-state index in [9.17, 15) is 26.7 Å². The maximum absolute atomic E-state index is 14.8. The first-order chi connectivity index (χ1) is 15.8. The number of hydrogen-bond acceptors (Lipinski definition) is 4. The quantitative estimate of drug-likeness (QED) is 0.427. The monoisotopic (exact) mass is 454 g/mol. The van der Waals surface area contributed by atoms with E-state index in [4.69, 9.17) is 5.26 Å². The van der Waals surface area contributed by atoms with Gasteiger partial charge in [-0.1, -0.05) is 6.07 Å². The molecule has 33 heavy (non-hydrogen) atoms. The Hall–Kier alpha value is -4.26. The molecule has 0 radical (unpaired) electrons. The highest BCUT2D eigenvalue weighted by Crippen LogP contribution is 2.47. The topological polar surface area (TPSA) is 81.6 Å². The van der Waals surface area contributed by atoms with Gasteiger partial charge in [0.1, 0.15) is 35.2 Å². The van der Waals surface area contributed by atoms with Gasteiger partial charge in [0, 0.05) is 28.8 Å². The fourth-order valence-electron chi connectivity index (χ4n) is 4.29. The lowest BCUT2D eigenvalue weighted by Crippen LogP contribution is -2.29. The number of aromatic nitrogens is 2. The molecular formula is C23H11F5N4O. The Morgan fingerprint density at radius 1 is 0.909 bits per heavy atom. The molecule has 164 valence electrons. The minimum Gasteiger partial charge on any atom is -0.376 e. The molecule has 2 atom stereocenters. The Balaban J connectivity index is 1.85. The van der Waals surface area contributed by atoms with Crippen LogP contribution in [-0.2, 0) is 0 Å². The molecule has 5 rings (SSSR count). The van der Waals surface area contributed by atoms with Crippen LogP contribution in [0.2, 0.25) is 0 Å². The van der Waals surface area contributed by atoms with Crippen LogP contribution >= 0.6 is 0 Å². The number of hydrogen-bond donors (Lipinski definition) is 2. The third-order valence-corrected chi connectivity index (χ3v) is 5.65. The number of rotatable bonds is 2. The van der Waals surface area contributed by atoms with Gasteiger partial charge in [0.25, 0.3) is 5.56 Å². The number of halogens is 5. The van der Waals surface area contributed by atoms with Crippen LogP contribution in [0.15, 0.2) is 47.3 Å². The smallest absolute Gasteiger partial charge is 0.272 e. The molecule has 0 fully saturated rings. The molecule has 0 amide bonds. The predicted octanol–water partition coefficient (Wildman–Crippen LogP) is 4.79. The van der Waals surface area contributed by atoms with Crippen LogP contribution in [0.1, 0.15) is 34.3 Å². The molecule has 0 unspecified atom stereocenters. The van der Waals surface area contributed by atoms with Crippen LogP contribution in [-0.4, -0.2) is 10.2 Å². The summed E-state index contributed by atoms with van der Waals surface area (Å²) in [4.78, 5) is 12.3. The summed E-state index contributed by atoms with van der Waals surface area (Å²) in [6, 6.07) is 6.97. The lowest BCUT2D eigenvalue weighted by molar-refractivity contribution is 0.493. The number of nitriles is 1. The van der Waals surface area contributed by atoms with Crippen LogP contribution in [0.4, 0.5) is 27.6 Å². The molecule has 0 spiro atoms. The number of anilines is 1. The minimum absolute atomic E-state index is 0.0390. The summed E-state index contributed by atoms with van der Waals surface area (Å²) >= 11 is 0. The third kappa shape index (κ3) is 3.20. The second-order valence-electron chi connectivity index (χ2n) is 7.55. The molecule has 5 nitrogen and oxygen atoms in total. The Labute approximate surface area is 182 Å². The average Bonchev–Trinajstić information content (AvgIpc) is 2.75. The summed E-state index contributed by atoms with van der Waals surface area (Å²) < 4.78 is 71.9. The second kappa shape index (κ2) is 7.41. The molecule has 2 heterocycles. The van der Waals surface area contributed by atoms with Crippen molar-refractivity contribution in [3.63, 3.8) is 0 Å². The van der Waals surface area contributed by atoms with Crippen LogP contribution in [0.25, 0.3) is 10.8 Å². The van der Waals surface area contributed by atoms with Gasteiger partial charge in [-0.25, -0.2) is 27.1 Å². The van der Waals surface area contributed by atoms with E-state index in [0.29, 0.717) is 12.1 Å². The van der Waals surface area contributed by atoms with E-state index in [-0.39, 0.29) is 33.3 Å². The van der Waals surface area contributed by atoms with E-state index >= 15 is 0 Å². The van der Waals surface area contributed by atoms with Gasteiger partial charge in [-0.2, -0.15) is 10.4 Å². The number of nitrogens with one attached hydrogen (secondary N) is 2. The third-order valence-electron chi connectivity index (χ3n) is 5.65. The van der Waals surface area contributed by atoms with E-state index in [2.05, 4.69) is 15.5 Å². The van der Waals surface area contributed by atoms with Crippen LogP contribution in [0.5, 0.6) is 0 Å². The lowest BCUT2D eigenvalue weighted by Gasteiger charge is -2.35. The molecule has 0 saturated carbocycles. The Bertz CT molecular complexity index is 1540. The van der Waals surface area contributed by atoms with Crippen molar-refractivity contribution < 1.29 is 22.0 Å². The highest BCUT2D eigenvalue weighted by Gasteiger charge is 2.38. The van der Waals surface area contributed by atoms with Gasteiger partial charge in [-0.05, 0) is 29.8 Å². The van der Waals surface area contributed by atoms with Gasteiger partial charge in [-0.3, -0.25) is 4.79 Å². The first kappa shape index (κ1) is 20.6. The number of benzene rings is 3. The standard InChI is InChI=1S/C23H11F5N4O/c24-11-4-13-19-17(7-11)30-21(20-15(27)5-12(25)6-16(20)28)18(22(19)31-32-23(13)33)9-1-2-10(8-29)14(26)3-9/h1-7,18,21,30H,(H,32,33)/t18-,21+/m0/s1. The molecule has 1 aliphatic rings. The van der Waals surface area contributed by atoms with Gasteiger partial charge in [0.15, 0.2) is 0 Å². The zero-order valence-electron chi connectivity index (χ0n) is 16.4. The van der Waals surface area contributed by atoms with Gasteiger partial charge in [-0.15, -0.1) is 0 Å². The highest BCUT2D eigenvalue weighted by atomic mass is 19.2. The SMILES string of the molecule is N#Cc1ccc([C@@H]2c3n[nH]c(=O)c4cc(F)cc(c34)N[C@H]2c2c(F)cc(F)cc2F)cc1F. The molecule has 1 aromatic heterocycles. The molecule has 2 N–H and O–H groups in total. The van der Waals surface area contributed by atoms with Crippen molar-refractivity contribution >= 4 is 16.5 Å². The minimum atomic E-state index is -1.33. The Kier molecular flexibility index (Phi) is 4.63. The van der Waals surface area contributed by atoms with Crippen LogP contribution in [0, 0.1) is 40.4 Å². The van der Waals surface area contributed by atoms with E-state index in [0.717, 1.165) is 18.2 Å². The zero-order chi connectivity index (χ0) is 23.4. The van der Waals surface area contributed by atoms with E-state index in [1.165, 1.54) is 12.1 Å². The largest absolute Gasteiger partial charge is 0.376 e. The van der Waals surface area contributed by atoms with Crippen LogP contribution in [0.3, 0.4) is 0 Å². The van der Waals surface area contributed by atoms with Crippen molar-refractivity contribution in [2.24, 2.45) is 0 Å². The molecule has 0 aliphatic carbocycles. The zero-order valence-corrected chi connectivity index (χ0v) is 16.4. The second-order valence-corrected chi connectivity index (χ2v) is 7.55. The van der Waals surface area contributed by atoms with Gasteiger partial charge in [0.05, 0.1) is 28.6 Å². The molecule has 0 saturated heterocycles. The lowest BCUT2D eigenvalue weighted by atomic mass is 9.79. The number of nitrogens with zero attached hydrogens (tertiary/aromatic N) is 2. The maximum atomic E-state index is 14.8. The molecule has 3 aromatic carbocycles. The summed E-state index contributed by atoms with van der Waals surface area (Å²) in [5.74, 6) is -6.33. The van der Waals surface area contributed by atoms with Gasteiger partial charge < -0.3 is 5.32 Å². The van der Waals surface area contributed by atoms with E-state index in [1.54, 1.807) is 6.07 Å². The van der Waals surface area contributed by atoms with Crippen molar-refractivity contribution in [1.29, 1.82) is 5.26 Å². The number of H-pyrrole nitrogens is 1. The van der Waals surface area contributed by atoms with Crippen molar-refractivity contribution in [2.75, 3.05) is 5.32 Å². The van der Waals surface area contributed by atoms with Gasteiger partial charge >= 0.3 is 0 Å². The number of aromatic amines is 1. The first-order valence-corrected chi connectivity index (χ1v) is 9.61. The van der Waals surface area contributed by atoms with E-state index in [1.807, 2.05) is 0 Å². The highest BCUT2D eigenvalue weighted by molar-refractivity contribution is 5.97. The van der Waals surface area contributed by atoms with Crippen molar-refractivity contribution in [3.8, 4) is 6.07 Å². The van der Waals surface area contributed by atoms with Crippen molar-refractivity contribution in [2.45, 2.75) is 12.0 Å².